The van der Waals surface area contributed by atoms with E-state index in [1.165, 1.54) is 23.3 Å². The maximum Gasteiger partial charge on any atom is 0.227 e. The van der Waals surface area contributed by atoms with Crippen LogP contribution in [0.2, 0.25) is 0 Å². The topological polar surface area (TPSA) is 38.1 Å². The summed E-state index contributed by atoms with van der Waals surface area (Å²) in [5.41, 5.74) is 6.28. The van der Waals surface area contributed by atoms with Gasteiger partial charge in [-0.3, -0.25) is 4.79 Å². The smallest absolute Gasteiger partial charge is 0.227 e. The molecule has 4 aromatic rings. The SMILES string of the molecule is Cc1ccc(N2C[C@@H](c3nc4ccccc4n3Cc3ccc(F)cc3)CC2=O)cc1C. The van der Waals surface area contributed by atoms with Crippen LogP contribution in [0.5, 0.6) is 0 Å². The highest BCUT2D eigenvalue weighted by Crippen LogP contribution is 2.34. The molecule has 1 fully saturated rings. The third-order valence-electron chi connectivity index (χ3n) is 6.23. The normalized spacial score (nSPS) is 16.4. The molecular weight excluding hydrogens is 389 g/mol. The number of amides is 1. The molecule has 0 bridgehead atoms. The predicted octanol–water partition coefficient (Wildman–Crippen LogP) is 5.36. The molecule has 1 aliphatic rings. The fourth-order valence-corrected chi connectivity index (χ4v) is 4.37. The summed E-state index contributed by atoms with van der Waals surface area (Å²) in [5.74, 6) is 0.783. The maximum atomic E-state index is 13.4. The van der Waals surface area contributed by atoms with E-state index in [2.05, 4.69) is 30.5 Å². The van der Waals surface area contributed by atoms with Crippen molar-refractivity contribution < 1.29 is 9.18 Å². The van der Waals surface area contributed by atoms with Crippen LogP contribution in [-0.4, -0.2) is 22.0 Å². The summed E-state index contributed by atoms with van der Waals surface area (Å²) in [7, 11) is 0. The number of rotatable bonds is 4. The van der Waals surface area contributed by atoms with Crippen molar-refractivity contribution in [1.82, 2.24) is 9.55 Å². The van der Waals surface area contributed by atoms with Crippen LogP contribution in [0.25, 0.3) is 11.0 Å². The predicted molar refractivity (Wildman–Crippen MR) is 121 cm³/mol. The number of fused-ring (bicyclic) bond motifs is 1. The molecule has 0 aliphatic carbocycles. The van der Waals surface area contributed by atoms with E-state index in [9.17, 15) is 9.18 Å². The average Bonchev–Trinajstić information content (AvgIpc) is 3.32. The summed E-state index contributed by atoms with van der Waals surface area (Å²) in [6, 6.07) is 20.7. The van der Waals surface area contributed by atoms with Gasteiger partial charge in [-0.2, -0.15) is 0 Å². The number of aromatic nitrogens is 2. The number of carbonyl (C=O) groups excluding carboxylic acids is 1. The summed E-state index contributed by atoms with van der Waals surface area (Å²) in [6.45, 7) is 5.34. The van der Waals surface area contributed by atoms with E-state index < -0.39 is 0 Å². The van der Waals surface area contributed by atoms with E-state index in [0.717, 1.165) is 28.1 Å². The first-order valence-electron chi connectivity index (χ1n) is 10.6. The molecule has 0 spiro atoms. The molecule has 156 valence electrons. The Labute approximate surface area is 181 Å². The van der Waals surface area contributed by atoms with Crippen LogP contribution in [0.1, 0.15) is 34.9 Å². The van der Waals surface area contributed by atoms with E-state index in [0.29, 0.717) is 19.5 Å². The van der Waals surface area contributed by atoms with Gasteiger partial charge in [-0.1, -0.05) is 30.3 Å². The van der Waals surface area contributed by atoms with Crippen LogP contribution in [-0.2, 0) is 11.3 Å². The molecule has 3 aromatic carbocycles. The molecule has 4 nitrogen and oxygen atoms in total. The molecule has 5 rings (SSSR count). The summed E-state index contributed by atoms with van der Waals surface area (Å²) < 4.78 is 15.6. The molecule has 1 aromatic heterocycles. The van der Waals surface area contributed by atoms with Crippen LogP contribution in [0.3, 0.4) is 0 Å². The van der Waals surface area contributed by atoms with Crippen LogP contribution < -0.4 is 4.90 Å². The Morgan fingerprint density at radius 2 is 1.77 bits per heavy atom. The van der Waals surface area contributed by atoms with Gasteiger partial charge in [0.1, 0.15) is 11.6 Å². The minimum absolute atomic E-state index is 0.00181. The Hall–Kier alpha value is -3.47. The zero-order valence-electron chi connectivity index (χ0n) is 17.7. The Balaban J connectivity index is 1.51. The lowest BCUT2D eigenvalue weighted by molar-refractivity contribution is -0.117. The van der Waals surface area contributed by atoms with Gasteiger partial charge in [0.15, 0.2) is 0 Å². The molecular formula is C26H24FN3O. The van der Waals surface area contributed by atoms with Crippen LogP contribution in [0.15, 0.2) is 66.7 Å². The van der Waals surface area contributed by atoms with Gasteiger partial charge in [0, 0.05) is 31.1 Å². The molecule has 5 heteroatoms. The third-order valence-corrected chi connectivity index (χ3v) is 6.23. The number of imidazole rings is 1. The van der Waals surface area contributed by atoms with Crippen molar-refractivity contribution in [3.05, 3.63) is 95.1 Å². The highest BCUT2D eigenvalue weighted by molar-refractivity contribution is 5.96. The lowest BCUT2D eigenvalue weighted by Crippen LogP contribution is -2.24. The van der Waals surface area contributed by atoms with Crippen molar-refractivity contribution in [1.29, 1.82) is 0 Å². The number of anilines is 1. The minimum Gasteiger partial charge on any atom is -0.323 e. The lowest BCUT2D eigenvalue weighted by atomic mass is 10.1. The Bertz CT molecular complexity index is 1280. The average molecular weight is 413 g/mol. The van der Waals surface area contributed by atoms with Crippen molar-refractivity contribution in [2.24, 2.45) is 0 Å². The van der Waals surface area contributed by atoms with Crippen molar-refractivity contribution in [2.75, 3.05) is 11.4 Å². The van der Waals surface area contributed by atoms with Gasteiger partial charge in [0.2, 0.25) is 5.91 Å². The molecule has 1 atom stereocenters. The Morgan fingerprint density at radius 3 is 2.55 bits per heavy atom. The van der Waals surface area contributed by atoms with Gasteiger partial charge < -0.3 is 9.47 Å². The highest BCUT2D eigenvalue weighted by atomic mass is 19.1. The van der Waals surface area contributed by atoms with E-state index in [-0.39, 0.29) is 17.6 Å². The molecule has 2 heterocycles. The molecule has 1 aliphatic heterocycles. The zero-order valence-corrected chi connectivity index (χ0v) is 17.7. The fraction of sp³-hybridized carbons (Fsp3) is 0.231. The lowest BCUT2D eigenvalue weighted by Gasteiger charge is -2.18. The quantitative estimate of drug-likeness (QED) is 0.452. The number of aryl methyl sites for hydroxylation is 2. The molecule has 0 N–H and O–H groups in total. The van der Waals surface area contributed by atoms with Gasteiger partial charge in [0.25, 0.3) is 0 Å². The van der Waals surface area contributed by atoms with Crippen molar-refractivity contribution >= 4 is 22.6 Å². The molecule has 0 radical (unpaired) electrons. The standard InChI is InChI=1S/C26H24FN3O/c1-17-7-12-22(13-18(17)2)29-16-20(14-25(29)31)26-28-23-5-3-4-6-24(23)30(26)15-19-8-10-21(27)11-9-19/h3-13,20H,14-16H2,1-2H3/t20-/m0/s1. The van der Waals surface area contributed by atoms with Crippen molar-refractivity contribution in [2.45, 2.75) is 32.7 Å². The molecule has 1 saturated heterocycles. The number of benzene rings is 3. The van der Waals surface area contributed by atoms with Crippen molar-refractivity contribution in [3.63, 3.8) is 0 Å². The number of hydrogen-bond donors (Lipinski definition) is 0. The van der Waals surface area contributed by atoms with E-state index in [1.807, 2.05) is 35.2 Å². The van der Waals surface area contributed by atoms with Gasteiger partial charge in [-0.05, 0) is 66.9 Å². The second-order valence-electron chi connectivity index (χ2n) is 8.35. The summed E-state index contributed by atoms with van der Waals surface area (Å²) in [4.78, 5) is 19.7. The largest absolute Gasteiger partial charge is 0.323 e. The van der Waals surface area contributed by atoms with Gasteiger partial charge in [-0.25, -0.2) is 9.37 Å². The Morgan fingerprint density at radius 1 is 1.00 bits per heavy atom. The number of para-hydroxylation sites is 2. The monoisotopic (exact) mass is 413 g/mol. The zero-order chi connectivity index (χ0) is 21.5. The van der Waals surface area contributed by atoms with Crippen LogP contribution >= 0.6 is 0 Å². The van der Waals surface area contributed by atoms with Crippen molar-refractivity contribution in [3.8, 4) is 0 Å². The maximum absolute atomic E-state index is 13.4. The van der Waals surface area contributed by atoms with Crippen LogP contribution in [0, 0.1) is 19.7 Å². The first-order valence-corrected chi connectivity index (χ1v) is 10.6. The Kier molecular flexibility index (Phi) is 4.81. The number of nitrogens with zero attached hydrogens (tertiary/aromatic N) is 3. The molecule has 31 heavy (non-hydrogen) atoms. The van der Waals surface area contributed by atoms with Crippen LogP contribution in [0.4, 0.5) is 10.1 Å². The van der Waals surface area contributed by atoms with Gasteiger partial charge in [-0.15, -0.1) is 0 Å². The van der Waals surface area contributed by atoms with E-state index in [1.54, 1.807) is 12.1 Å². The number of hydrogen-bond acceptors (Lipinski definition) is 2. The van der Waals surface area contributed by atoms with E-state index >= 15 is 0 Å². The second-order valence-corrected chi connectivity index (χ2v) is 8.35. The third kappa shape index (κ3) is 3.61. The molecule has 0 unspecified atom stereocenters. The molecule has 0 saturated carbocycles. The first kappa shape index (κ1) is 19.5. The summed E-state index contributed by atoms with van der Waals surface area (Å²) in [6.07, 6.45) is 0.430. The first-order chi connectivity index (χ1) is 15.0. The second kappa shape index (κ2) is 7.65. The number of carbonyl (C=O) groups is 1. The summed E-state index contributed by atoms with van der Waals surface area (Å²) in [5, 5.41) is 0. The summed E-state index contributed by atoms with van der Waals surface area (Å²) >= 11 is 0. The van der Waals surface area contributed by atoms with Gasteiger partial charge >= 0.3 is 0 Å². The van der Waals surface area contributed by atoms with Gasteiger partial charge in [0.05, 0.1) is 11.0 Å². The minimum atomic E-state index is -0.245. The van der Waals surface area contributed by atoms with E-state index in [4.69, 9.17) is 4.98 Å². The highest BCUT2D eigenvalue weighted by Gasteiger charge is 2.35. The number of halogens is 1. The molecule has 1 amide bonds. The fourth-order valence-electron chi connectivity index (χ4n) is 4.37.